The van der Waals surface area contributed by atoms with Crippen LogP contribution >= 0.6 is 0 Å². The maximum absolute atomic E-state index is 12.3. The van der Waals surface area contributed by atoms with Gasteiger partial charge in [0.1, 0.15) is 0 Å². The van der Waals surface area contributed by atoms with Crippen molar-refractivity contribution in [1.82, 2.24) is 5.43 Å². The van der Waals surface area contributed by atoms with E-state index in [2.05, 4.69) is 5.43 Å². The summed E-state index contributed by atoms with van der Waals surface area (Å²) in [6.07, 6.45) is -4.21. The van der Waals surface area contributed by atoms with E-state index in [1.165, 1.54) is 0 Å². The number of nitrogens with one attached hydrogen (secondary N) is 1. The van der Waals surface area contributed by atoms with Crippen LogP contribution in [0.3, 0.4) is 0 Å². The number of halogens is 3. The summed E-state index contributed by atoms with van der Waals surface area (Å²) in [5.41, 5.74) is 3.54. The van der Waals surface area contributed by atoms with E-state index < -0.39 is 12.6 Å². The predicted octanol–water partition coefficient (Wildman–Crippen LogP) is 3.35. The third-order valence-corrected chi connectivity index (χ3v) is 3.11. The lowest BCUT2D eigenvalue weighted by molar-refractivity contribution is -0.136. The molecule has 0 spiro atoms. The number of hydrogen-bond acceptors (Lipinski definition) is 2. The van der Waals surface area contributed by atoms with Crippen molar-refractivity contribution in [3.05, 3.63) is 35.9 Å². The molecule has 2 nitrogen and oxygen atoms in total. The lowest BCUT2D eigenvalue weighted by Gasteiger charge is -2.26. The summed E-state index contributed by atoms with van der Waals surface area (Å²) in [7, 11) is 0. The van der Waals surface area contributed by atoms with Gasteiger partial charge in [-0.25, -0.2) is 0 Å². The van der Waals surface area contributed by atoms with Crippen molar-refractivity contribution in [2.45, 2.75) is 44.3 Å². The fourth-order valence-corrected chi connectivity index (χ4v) is 2.17. The number of alkyl halides is 3. The fourth-order valence-electron chi connectivity index (χ4n) is 2.17. The Hall–Kier alpha value is -1.07. The van der Waals surface area contributed by atoms with Crippen LogP contribution in [0.1, 0.15) is 37.7 Å². The van der Waals surface area contributed by atoms with Gasteiger partial charge in [-0.3, -0.25) is 11.3 Å². The third-order valence-electron chi connectivity index (χ3n) is 3.11. The molecule has 0 saturated carbocycles. The molecule has 0 aliphatic rings. The first-order chi connectivity index (χ1) is 8.48. The summed E-state index contributed by atoms with van der Waals surface area (Å²) in [6.45, 7) is 1.95. The molecular weight excluding hydrogens is 241 g/mol. The van der Waals surface area contributed by atoms with E-state index in [1.807, 2.05) is 37.3 Å². The van der Waals surface area contributed by atoms with Gasteiger partial charge in [0.25, 0.3) is 0 Å². The number of hydrogen-bond donors (Lipinski definition) is 2. The first-order valence-corrected chi connectivity index (χ1v) is 6.05. The monoisotopic (exact) mass is 260 g/mol. The maximum Gasteiger partial charge on any atom is 0.389 e. The molecule has 1 aromatic rings. The Bertz CT molecular complexity index is 338. The van der Waals surface area contributed by atoms with Crippen LogP contribution in [-0.2, 0) is 0 Å². The highest BCUT2D eigenvalue weighted by molar-refractivity contribution is 5.21. The lowest BCUT2D eigenvalue weighted by Crippen LogP contribution is -2.40. The molecule has 0 aliphatic carbocycles. The number of nitrogens with two attached hydrogens (primary N) is 1. The Kier molecular flexibility index (Phi) is 5.62. The van der Waals surface area contributed by atoms with Gasteiger partial charge in [-0.1, -0.05) is 37.3 Å². The molecule has 18 heavy (non-hydrogen) atoms. The maximum atomic E-state index is 12.3. The van der Waals surface area contributed by atoms with Crippen LogP contribution in [0.15, 0.2) is 30.3 Å². The van der Waals surface area contributed by atoms with Gasteiger partial charge >= 0.3 is 6.18 Å². The molecule has 0 heterocycles. The summed E-state index contributed by atoms with van der Waals surface area (Å²) >= 11 is 0. The standard InChI is InChI=1S/C13H19F3N2/c1-2-11(10-6-4-3-5-7-10)12(18-17)8-9-13(14,15)16/h3-7,11-12,18H,2,8-9,17H2,1H3. The van der Waals surface area contributed by atoms with E-state index in [9.17, 15) is 13.2 Å². The van der Waals surface area contributed by atoms with Crippen LogP contribution in [-0.4, -0.2) is 12.2 Å². The van der Waals surface area contributed by atoms with Gasteiger partial charge in [0, 0.05) is 18.4 Å². The minimum Gasteiger partial charge on any atom is -0.271 e. The molecule has 0 saturated heterocycles. The molecule has 0 radical (unpaired) electrons. The summed E-state index contributed by atoms with van der Waals surface area (Å²) in [4.78, 5) is 0. The van der Waals surface area contributed by atoms with Crippen molar-refractivity contribution in [3.63, 3.8) is 0 Å². The fraction of sp³-hybridized carbons (Fsp3) is 0.538. The van der Waals surface area contributed by atoms with Crippen LogP contribution in [0, 0.1) is 0 Å². The van der Waals surface area contributed by atoms with E-state index in [1.54, 1.807) is 0 Å². The lowest BCUT2D eigenvalue weighted by atomic mass is 9.87. The van der Waals surface area contributed by atoms with E-state index in [4.69, 9.17) is 5.84 Å². The highest BCUT2D eigenvalue weighted by atomic mass is 19.4. The summed E-state index contributed by atoms with van der Waals surface area (Å²) in [5.74, 6) is 5.40. The average molecular weight is 260 g/mol. The molecule has 0 amide bonds. The zero-order valence-corrected chi connectivity index (χ0v) is 10.4. The number of rotatable bonds is 6. The van der Waals surface area contributed by atoms with E-state index >= 15 is 0 Å². The number of hydrazine groups is 1. The molecule has 2 atom stereocenters. The van der Waals surface area contributed by atoms with Gasteiger partial charge in [-0.05, 0) is 18.4 Å². The van der Waals surface area contributed by atoms with Gasteiger partial charge in [-0.2, -0.15) is 13.2 Å². The summed E-state index contributed by atoms with van der Waals surface area (Å²) in [5, 5.41) is 0. The Labute approximate surface area is 105 Å². The molecule has 1 rings (SSSR count). The second-order valence-electron chi connectivity index (χ2n) is 4.35. The van der Waals surface area contributed by atoms with Gasteiger partial charge in [0.05, 0.1) is 0 Å². The number of benzene rings is 1. The third kappa shape index (κ3) is 4.66. The van der Waals surface area contributed by atoms with Gasteiger partial charge in [-0.15, -0.1) is 0 Å². The largest absolute Gasteiger partial charge is 0.389 e. The smallest absolute Gasteiger partial charge is 0.271 e. The van der Waals surface area contributed by atoms with Crippen LogP contribution in [0.5, 0.6) is 0 Å². The molecule has 0 bridgehead atoms. The Balaban J connectivity index is 2.72. The van der Waals surface area contributed by atoms with Crippen LogP contribution in [0.25, 0.3) is 0 Å². The predicted molar refractivity (Wildman–Crippen MR) is 65.9 cm³/mol. The van der Waals surface area contributed by atoms with Gasteiger partial charge < -0.3 is 0 Å². The normalized spacial score (nSPS) is 15.4. The second-order valence-corrected chi connectivity index (χ2v) is 4.35. The Morgan fingerprint density at radius 3 is 2.28 bits per heavy atom. The average Bonchev–Trinajstić information content (AvgIpc) is 2.34. The van der Waals surface area contributed by atoms with Crippen molar-refractivity contribution < 1.29 is 13.2 Å². The quantitative estimate of drug-likeness (QED) is 0.608. The van der Waals surface area contributed by atoms with E-state index in [0.29, 0.717) is 0 Å². The minimum absolute atomic E-state index is 0.00134. The molecule has 0 fully saturated rings. The van der Waals surface area contributed by atoms with Crippen molar-refractivity contribution in [1.29, 1.82) is 0 Å². The molecule has 5 heteroatoms. The topological polar surface area (TPSA) is 38.0 Å². The highest BCUT2D eigenvalue weighted by Gasteiger charge is 2.30. The molecule has 1 aromatic carbocycles. The highest BCUT2D eigenvalue weighted by Crippen LogP contribution is 2.29. The van der Waals surface area contributed by atoms with Crippen molar-refractivity contribution in [2.75, 3.05) is 0 Å². The molecular formula is C13H19F3N2. The zero-order valence-electron chi connectivity index (χ0n) is 10.4. The summed E-state index contributed by atoms with van der Waals surface area (Å²) in [6, 6.07) is 9.14. The van der Waals surface area contributed by atoms with Crippen LogP contribution in [0.4, 0.5) is 13.2 Å². The summed E-state index contributed by atoms with van der Waals surface area (Å²) < 4.78 is 36.8. The van der Waals surface area contributed by atoms with Gasteiger partial charge in [0.15, 0.2) is 0 Å². The van der Waals surface area contributed by atoms with Crippen LogP contribution in [0.2, 0.25) is 0 Å². The molecule has 3 N–H and O–H groups in total. The van der Waals surface area contributed by atoms with Crippen molar-refractivity contribution in [2.24, 2.45) is 5.84 Å². The van der Waals surface area contributed by atoms with E-state index in [-0.39, 0.29) is 18.4 Å². The SMILES string of the molecule is CCC(c1ccccc1)C(CCC(F)(F)F)NN. The van der Waals surface area contributed by atoms with E-state index in [0.717, 1.165) is 12.0 Å². The first kappa shape index (κ1) is 15.0. The van der Waals surface area contributed by atoms with Crippen molar-refractivity contribution in [3.8, 4) is 0 Å². The minimum atomic E-state index is -4.13. The molecule has 0 aromatic heterocycles. The molecule has 0 aliphatic heterocycles. The van der Waals surface area contributed by atoms with Gasteiger partial charge in [0.2, 0.25) is 0 Å². The first-order valence-electron chi connectivity index (χ1n) is 6.05. The van der Waals surface area contributed by atoms with Crippen molar-refractivity contribution >= 4 is 0 Å². The molecule has 102 valence electrons. The molecule has 2 unspecified atom stereocenters. The van der Waals surface area contributed by atoms with Crippen LogP contribution < -0.4 is 11.3 Å². The second kappa shape index (κ2) is 6.75. The Morgan fingerprint density at radius 1 is 1.22 bits per heavy atom. The zero-order chi connectivity index (χ0) is 13.6. The Morgan fingerprint density at radius 2 is 1.83 bits per heavy atom.